The summed E-state index contributed by atoms with van der Waals surface area (Å²) in [5.74, 6) is 0.598. The highest BCUT2D eigenvalue weighted by Crippen LogP contribution is 1.99. The van der Waals surface area contributed by atoms with E-state index in [0.29, 0.717) is 5.82 Å². The molecule has 0 fully saturated rings. The van der Waals surface area contributed by atoms with Gasteiger partial charge < -0.3 is 5.73 Å². The van der Waals surface area contributed by atoms with Gasteiger partial charge in [0, 0.05) is 12.1 Å². The van der Waals surface area contributed by atoms with E-state index in [1.54, 1.807) is 6.08 Å². The number of nitrogens with two attached hydrogens (primary N) is 1. The third-order valence-electron chi connectivity index (χ3n) is 1.14. The largest absolute Gasteiger partial charge is 0.384 e. The van der Waals surface area contributed by atoms with Crippen LogP contribution in [0.4, 0.5) is 0 Å². The summed E-state index contributed by atoms with van der Waals surface area (Å²) in [5, 5.41) is 0. The van der Waals surface area contributed by atoms with Gasteiger partial charge in [-0.3, -0.25) is 0 Å². The Labute approximate surface area is 68.5 Å². The lowest BCUT2D eigenvalue weighted by atomic mass is 10.3. The maximum absolute atomic E-state index is 5.45. The Morgan fingerprint density at radius 3 is 2.73 bits per heavy atom. The minimum atomic E-state index is 0.598. The molecule has 1 aliphatic rings. The van der Waals surface area contributed by atoms with E-state index >= 15 is 0 Å². The van der Waals surface area contributed by atoms with Crippen molar-refractivity contribution >= 4 is 5.71 Å². The number of nitrogens with zero attached hydrogens (tertiary/aromatic N) is 1. The number of hydrogen-bond donors (Lipinski definition) is 1. The predicted molar refractivity (Wildman–Crippen MR) is 50.5 cm³/mol. The zero-order valence-corrected chi connectivity index (χ0v) is 7.46. The van der Waals surface area contributed by atoms with E-state index in [0.717, 1.165) is 12.1 Å². The van der Waals surface area contributed by atoms with Crippen molar-refractivity contribution in [3.05, 3.63) is 24.0 Å². The van der Waals surface area contributed by atoms with Gasteiger partial charge in [0.25, 0.3) is 0 Å². The van der Waals surface area contributed by atoms with E-state index in [1.165, 1.54) is 0 Å². The molecule has 1 heterocycles. The molecule has 0 unspecified atom stereocenters. The van der Waals surface area contributed by atoms with Crippen molar-refractivity contribution in [1.29, 1.82) is 0 Å². The fourth-order valence-electron chi connectivity index (χ4n) is 0.709. The van der Waals surface area contributed by atoms with Crippen molar-refractivity contribution in [2.75, 3.05) is 0 Å². The summed E-state index contributed by atoms with van der Waals surface area (Å²) < 4.78 is 0. The zero-order valence-electron chi connectivity index (χ0n) is 7.46. The molecule has 0 aromatic rings. The summed E-state index contributed by atoms with van der Waals surface area (Å²) in [4.78, 5) is 4.07. The fraction of sp³-hybridized carbons (Fsp3) is 0.444. The van der Waals surface area contributed by atoms with Gasteiger partial charge in [-0.1, -0.05) is 26.0 Å². The molecule has 0 spiro atoms. The van der Waals surface area contributed by atoms with Gasteiger partial charge >= 0.3 is 0 Å². The Kier molecular flexibility index (Phi) is 5.17. The average molecular weight is 152 g/mol. The summed E-state index contributed by atoms with van der Waals surface area (Å²) in [7, 11) is 0. The van der Waals surface area contributed by atoms with Crippen molar-refractivity contribution in [2.45, 2.75) is 27.2 Å². The molecule has 0 saturated carbocycles. The van der Waals surface area contributed by atoms with Gasteiger partial charge in [-0.05, 0) is 13.0 Å². The van der Waals surface area contributed by atoms with Crippen molar-refractivity contribution in [3.8, 4) is 0 Å². The quantitative estimate of drug-likeness (QED) is 0.568. The van der Waals surface area contributed by atoms with Gasteiger partial charge in [-0.25, -0.2) is 4.99 Å². The molecule has 0 atom stereocenters. The summed E-state index contributed by atoms with van der Waals surface area (Å²) in [6.07, 6.45) is 6.68. The number of allylic oxidation sites excluding steroid dienone is 3. The number of rotatable bonds is 0. The van der Waals surface area contributed by atoms with E-state index in [2.05, 4.69) is 4.99 Å². The summed E-state index contributed by atoms with van der Waals surface area (Å²) in [5.41, 5.74) is 6.51. The molecule has 2 heteroatoms. The maximum Gasteiger partial charge on any atom is 0.123 e. The molecule has 11 heavy (non-hydrogen) atoms. The highest BCUT2D eigenvalue weighted by atomic mass is 14.9. The van der Waals surface area contributed by atoms with Gasteiger partial charge in [0.1, 0.15) is 5.82 Å². The molecule has 0 radical (unpaired) electrons. The molecule has 0 aliphatic carbocycles. The lowest BCUT2D eigenvalue weighted by molar-refractivity contribution is 1.23. The molecule has 0 bridgehead atoms. The third-order valence-corrected chi connectivity index (χ3v) is 1.14. The normalized spacial score (nSPS) is 15.5. The molecule has 62 valence electrons. The van der Waals surface area contributed by atoms with Gasteiger partial charge in [-0.15, -0.1) is 0 Å². The van der Waals surface area contributed by atoms with Crippen LogP contribution in [0.2, 0.25) is 0 Å². The van der Waals surface area contributed by atoms with Crippen LogP contribution in [0.25, 0.3) is 0 Å². The van der Waals surface area contributed by atoms with E-state index in [-0.39, 0.29) is 0 Å². The molecule has 1 rings (SSSR count). The van der Waals surface area contributed by atoms with Gasteiger partial charge in [0.2, 0.25) is 0 Å². The first-order valence-electron chi connectivity index (χ1n) is 3.95. The Balaban J connectivity index is 0.000000461. The van der Waals surface area contributed by atoms with Gasteiger partial charge in [-0.2, -0.15) is 0 Å². The topological polar surface area (TPSA) is 38.4 Å². The Bertz CT molecular complexity index is 188. The van der Waals surface area contributed by atoms with Gasteiger partial charge in [0.15, 0.2) is 0 Å². The number of aliphatic imine (C=N–C) groups is 1. The van der Waals surface area contributed by atoms with Crippen LogP contribution in [0.5, 0.6) is 0 Å². The standard InChI is InChI=1S/C7H10N2.C2H6/c1-6-4-2-3-5-7(8)9-6;1-2/h2-3,5H,4,8H2,1H3;1-2H3. The molecule has 2 N–H and O–H groups in total. The lowest BCUT2D eigenvalue weighted by Gasteiger charge is -1.90. The maximum atomic E-state index is 5.45. The van der Waals surface area contributed by atoms with Crippen molar-refractivity contribution < 1.29 is 0 Å². The smallest absolute Gasteiger partial charge is 0.123 e. The van der Waals surface area contributed by atoms with E-state index in [4.69, 9.17) is 5.73 Å². The van der Waals surface area contributed by atoms with E-state index in [1.807, 2.05) is 32.9 Å². The van der Waals surface area contributed by atoms with Crippen molar-refractivity contribution in [1.82, 2.24) is 0 Å². The predicted octanol–water partition coefficient (Wildman–Crippen LogP) is 2.23. The average Bonchev–Trinajstić information content (AvgIpc) is 2.18. The van der Waals surface area contributed by atoms with Crippen LogP contribution < -0.4 is 5.73 Å². The van der Waals surface area contributed by atoms with Gasteiger partial charge in [0.05, 0.1) is 0 Å². The van der Waals surface area contributed by atoms with Crippen LogP contribution in [0, 0.1) is 0 Å². The minimum absolute atomic E-state index is 0.598. The second-order valence-corrected chi connectivity index (χ2v) is 2.07. The Hall–Kier alpha value is -1.05. The highest BCUT2D eigenvalue weighted by Gasteiger charge is 1.91. The molecule has 0 aromatic heterocycles. The molecule has 2 nitrogen and oxygen atoms in total. The van der Waals surface area contributed by atoms with Crippen molar-refractivity contribution in [3.63, 3.8) is 0 Å². The van der Waals surface area contributed by atoms with Crippen LogP contribution in [0.3, 0.4) is 0 Å². The van der Waals surface area contributed by atoms with Crippen LogP contribution in [0.15, 0.2) is 29.0 Å². The first-order valence-corrected chi connectivity index (χ1v) is 3.95. The van der Waals surface area contributed by atoms with Crippen LogP contribution >= 0.6 is 0 Å². The molecule has 0 aromatic carbocycles. The second kappa shape index (κ2) is 5.71. The summed E-state index contributed by atoms with van der Waals surface area (Å²) in [6, 6.07) is 0. The Morgan fingerprint density at radius 1 is 1.45 bits per heavy atom. The van der Waals surface area contributed by atoms with Crippen LogP contribution in [-0.2, 0) is 0 Å². The summed E-state index contributed by atoms with van der Waals surface area (Å²) >= 11 is 0. The van der Waals surface area contributed by atoms with E-state index < -0.39 is 0 Å². The molecular weight excluding hydrogens is 136 g/mol. The summed E-state index contributed by atoms with van der Waals surface area (Å²) in [6.45, 7) is 5.97. The van der Waals surface area contributed by atoms with Crippen LogP contribution in [-0.4, -0.2) is 5.71 Å². The monoisotopic (exact) mass is 152 g/mol. The Morgan fingerprint density at radius 2 is 2.09 bits per heavy atom. The second-order valence-electron chi connectivity index (χ2n) is 2.07. The first-order chi connectivity index (χ1) is 5.29. The number of hydrogen-bond acceptors (Lipinski definition) is 2. The highest BCUT2D eigenvalue weighted by molar-refractivity contribution is 5.84. The third kappa shape index (κ3) is 4.37. The zero-order chi connectivity index (χ0) is 8.69. The van der Waals surface area contributed by atoms with Crippen molar-refractivity contribution in [2.24, 2.45) is 10.7 Å². The van der Waals surface area contributed by atoms with E-state index in [9.17, 15) is 0 Å². The first kappa shape index (κ1) is 9.95. The minimum Gasteiger partial charge on any atom is -0.384 e. The molecular formula is C9H16N2. The SMILES string of the molecule is CC.CC1=NC(N)=CC=CC1. The van der Waals surface area contributed by atoms with Crippen LogP contribution in [0.1, 0.15) is 27.2 Å². The molecule has 0 saturated heterocycles. The fourth-order valence-corrected chi connectivity index (χ4v) is 0.709. The lowest BCUT2D eigenvalue weighted by Crippen LogP contribution is -1.95. The molecule has 1 aliphatic heterocycles. The molecule has 0 amide bonds.